The Balaban J connectivity index is 1.30. The number of carbonyl (C=O) groups excluding carboxylic acids is 1. The van der Waals surface area contributed by atoms with Gasteiger partial charge in [0.15, 0.2) is 11.0 Å². The normalized spacial score (nSPS) is 29.1. The summed E-state index contributed by atoms with van der Waals surface area (Å²) in [5.74, 6) is 0.0998. The van der Waals surface area contributed by atoms with Gasteiger partial charge in [-0.15, -0.1) is 0 Å². The minimum absolute atomic E-state index is 0.0296. The SMILES string of the molecule is CC(C)(C)OC(=O)N1CCC2CC1CN(c1nc(OC[C@@]34CCCN3C[C@H](F)C4)nc3c(F)c(Cl)ncc13)C2. The number of piperidine rings is 2. The number of rotatable bonds is 4. The van der Waals surface area contributed by atoms with Gasteiger partial charge in [0.05, 0.1) is 17.0 Å². The summed E-state index contributed by atoms with van der Waals surface area (Å²) in [6, 6.07) is -0.0420. The van der Waals surface area contributed by atoms with E-state index in [-0.39, 0.29) is 41.0 Å². The number of fused-ring (bicyclic) bond motifs is 4. The number of pyridine rings is 1. The van der Waals surface area contributed by atoms with E-state index in [1.807, 2.05) is 20.8 Å². The highest BCUT2D eigenvalue weighted by Crippen LogP contribution is 2.41. The third-order valence-corrected chi connectivity index (χ3v) is 8.76. The Bertz CT molecular complexity index is 1280. The highest BCUT2D eigenvalue weighted by atomic mass is 35.5. The van der Waals surface area contributed by atoms with Crippen molar-refractivity contribution in [1.29, 1.82) is 0 Å². The molecule has 2 unspecified atom stereocenters. The minimum atomic E-state index is -0.884. The molecule has 212 valence electrons. The fraction of sp³-hybridized carbons (Fsp3) is 0.704. The van der Waals surface area contributed by atoms with Crippen LogP contribution in [0, 0.1) is 11.7 Å². The van der Waals surface area contributed by atoms with Crippen molar-refractivity contribution in [2.45, 2.75) is 76.2 Å². The van der Waals surface area contributed by atoms with Crippen LogP contribution >= 0.6 is 11.6 Å². The van der Waals surface area contributed by atoms with Crippen molar-refractivity contribution in [2.24, 2.45) is 5.92 Å². The predicted octanol–water partition coefficient (Wildman–Crippen LogP) is 4.61. The number of alkyl halides is 1. The van der Waals surface area contributed by atoms with Crippen molar-refractivity contribution in [3.63, 3.8) is 0 Å². The molecule has 1 amide bonds. The fourth-order valence-corrected chi connectivity index (χ4v) is 6.94. The Hall–Kier alpha value is -2.53. The van der Waals surface area contributed by atoms with E-state index in [1.54, 1.807) is 4.90 Å². The number of amides is 1. The van der Waals surface area contributed by atoms with Gasteiger partial charge in [0.1, 0.15) is 29.7 Å². The molecule has 0 radical (unpaired) electrons. The lowest BCUT2D eigenvalue weighted by Crippen LogP contribution is -2.58. The molecule has 4 aliphatic heterocycles. The zero-order valence-electron chi connectivity index (χ0n) is 22.6. The van der Waals surface area contributed by atoms with Crippen LogP contribution < -0.4 is 9.64 Å². The van der Waals surface area contributed by atoms with E-state index in [0.717, 1.165) is 32.2 Å². The van der Waals surface area contributed by atoms with E-state index >= 15 is 4.39 Å². The number of likely N-dealkylation sites (tertiary alicyclic amines) is 1. The quantitative estimate of drug-likeness (QED) is 0.498. The number of aromatic nitrogens is 3. The molecule has 6 rings (SSSR count). The monoisotopic (exact) mass is 564 g/mol. The first-order valence-electron chi connectivity index (χ1n) is 13.8. The first-order chi connectivity index (χ1) is 18.5. The van der Waals surface area contributed by atoms with Crippen molar-refractivity contribution in [2.75, 3.05) is 44.2 Å². The van der Waals surface area contributed by atoms with Crippen LogP contribution in [0.4, 0.5) is 19.4 Å². The summed E-state index contributed by atoms with van der Waals surface area (Å²) >= 11 is 6.02. The van der Waals surface area contributed by atoms with Crippen molar-refractivity contribution in [1.82, 2.24) is 24.8 Å². The maximum atomic E-state index is 15.2. The summed E-state index contributed by atoms with van der Waals surface area (Å²) in [6.07, 6.45) is 4.21. The van der Waals surface area contributed by atoms with Gasteiger partial charge in [0, 0.05) is 38.8 Å². The van der Waals surface area contributed by atoms with Crippen LogP contribution in [-0.4, -0.2) is 93.5 Å². The average Bonchev–Trinajstić information content (AvgIpc) is 3.39. The van der Waals surface area contributed by atoms with Gasteiger partial charge in [0.25, 0.3) is 0 Å². The van der Waals surface area contributed by atoms with Crippen molar-refractivity contribution >= 4 is 34.4 Å². The first-order valence-corrected chi connectivity index (χ1v) is 14.2. The van der Waals surface area contributed by atoms with Crippen LogP contribution in [0.2, 0.25) is 5.15 Å². The summed E-state index contributed by atoms with van der Waals surface area (Å²) in [7, 11) is 0. The molecule has 4 saturated heterocycles. The van der Waals surface area contributed by atoms with E-state index in [0.29, 0.717) is 49.7 Å². The minimum Gasteiger partial charge on any atom is -0.461 e. The smallest absolute Gasteiger partial charge is 0.410 e. The highest BCUT2D eigenvalue weighted by molar-refractivity contribution is 6.30. The second-order valence-electron chi connectivity index (χ2n) is 12.4. The van der Waals surface area contributed by atoms with Crippen LogP contribution in [0.15, 0.2) is 6.20 Å². The lowest BCUT2D eigenvalue weighted by atomic mass is 9.86. The molecule has 12 heteroatoms. The van der Waals surface area contributed by atoms with Gasteiger partial charge in [-0.1, -0.05) is 11.6 Å². The number of hydrogen-bond acceptors (Lipinski definition) is 8. The molecular weight excluding hydrogens is 530 g/mol. The third-order valence-electron chi connectivity index (χ3n) is 8.49. The largest absolute Gasteiger partial charge is 0.461 e. The molecule has 9 nitrogen and oxygen atoms in total. The molecule has 0 aromatic carbocycles. The average molecular weight is 565 g/mol. The molecule has 39 heavy (non-hydrogen) atoms. The van der Waals surface area contributed by atoms with Crippen LogP contribution in [0.5, 0.6) is 6.01 Å². The van der Waals surface area contributed by atoms with Gasteiger partial charge in [-0.2, -0.15) is 9.97 Å². The Labute approximate surface area is 231 Å². The molecule has 0 aliphatic carbocycles. The van der Waals surface area contributed by atoms with E-state index < -0.39 is 17.6 Å². The molecule has 4 fully saturated rings. The number of halogens is 3. The maximum absolute atomic E-state index is 15.2. The second kappa shape index (κ2) is 9.83. The van der Waals surface area contributed by atoms with E-state index in [4.69, 9.17) is 26.1 Å². The number of hydrogen-bond donors (Lipinski definition) is 0. The molecule has 4 aliphatic rings. The Morgan fingerprint density at radius 3 is 2.85 bits per heavy atom. The Kier molecular flexibility index (Phi) is 6.73. The summed E-state index contributed by atoms with van der Waals surface area (Å²) < 4.78 is 41.3. The Morgan fingerprint density at radius 2 is 2.05 bits per heavy atom. The topological polar surface area (TPSA) is 83.9 Å². The number of nitrogens with zero attached hydrogens (tertiary/aromatic N) is 6. The van der Waals surface area contributed by atoms with Crippen LogP contribution in [-0.2, 0) is 4.74 Å². The third kappa shape index (κ3) is 5.08. The lowest BCUT2D eigenvalue weighted by Gasteiger charge is -2.47. The molecule has 2 bridgehead atoms. The summed E-state index contributed by atoms with van der Waals surface area (Å²) in [5.41, 5.74) is -0.941. The molecule has 2 aromatic rings. The first kappa shape index (κ1) is 26.7. The van der Waals surface area contributed by atoms with Crippen LogP contribution in [0.25, 0.3) is 10.9 Å². The van der Waals surface area contributed by atoms with E-state index in [9.17, 15) is 9.18 Å². The van der Waals surface area contributed by atoms with Gasteiger partial charge in [-0.25, -0.2) is 18.6 Å². The van der Waals surface area contributed by atoms with Gasteiger partial charge < -0.3 is 19.3 Å². The molecule has 4 atom stereocenters. The summed E-state index contributed by atoms with van der Waals surface area (Å²) in [6.45, 7) is 8.90. The standard InChI is InChI=1S/C27H35ClF2N6O3/c1-26(2,3)39-25(37)36-8-5-16-9-18(36)14-34(12-16)23-19-11-31-22(28)20(30)21(19)32-24(33-23)38-15-27-6-4-7-35(27)13-17(29)10-27/h11,16-18H,4-10,12-15H2,1-3H3/t16?,17-,18?,27+/m1/s1. The van der Waals surface area contributed by atoms with E-state index in [2.05, 4.69) is 19.8 Å². The number of anilines is 1. The zero-order chi connectivity index (χ0) is 27.5. The molecule has 0 saturated carbocycles. The van der Waals surface area contributed by atoms with Crippen molar-refractivity contribution in [3.8, 4) is 6.01 Å². The Morgan fingerprint density at radius 1 is 1.23 bits per heavy atom. The van der Waals surface area contributed by atoms with Gasteiger partial charge >= 0.3 is 12.1 Å². The van der Waals surface area contributed by atoms with E-state index in [1.165, 1.54) is 6.20 Å². The zero-order valence-corrected chi connectivity index (χ0v) is 23.4. The molecule has 6 heterocycles. The summed E-state index contributed by atoms with van der Waals surface area (Å²) in [4.78, 5) is 32.1. The molecule has 2 aromatic heterocycles. The predicted molar refractivity (Wildman–Crippen MR) is 143 cm³/mol. The van der Waals surface area contributed by atoms with Crippen molar-refractivity contribution < 1.29 is 23.0 Å². The van der Waals surface area contributed by atoms with Crippen molar-refractivity contribution in [3.05, 3.63) is 17.2 Å². The number of ether oxygens (including phenoxy) is 2. The maximum Gasteiger partial charge on any atom is 0.410 e. The lowest BCUT2D eigenvalue weighted by molar-refractivity contribution is 0.00226. The second-order valence-corrected chi connectivity index (χ2v) is 12.8. The fourth-order valence-electron chi connectivity index (χ4n) is 6.80. The molecule has 0 N–H and O–H groups in total. The van der Waals surface area contributed by atoms with Crippen LogP contribution in [0.3, 0.4) is 0 Å². The molecular formula is C27H35ClF2N6O3. The molecule has 0 spiro atoms. The van der Waals surface area contributed by atoms with Crippen LogP contribution in [0.1, 0.15) is 52.9 Å². The summed E-state index contributed by atoms with van der Waals surface area (Å²) in [5, 5.41) is 0.153. The van der Waals surface area contributed by atoms with Gasteiger partial charge in [0.2, 0.25) is 0 Å². The van der Waals surface area contributed by atoms with Gasteiger partial charge in [-0.05, 0) is 58.9 Å². The highest BCUT2D eigenvalue weighted by Gasteiger charge is 2.49. The van der Waals surface area contributed by atoms with Gasteiger partial charge in [-0.3, -0.25) is 4.90 Å². The number of carbonyl (C=O) groups is 1.